The Balaban J connectivity index is 2.62. The second-order valence-corrected chi connectivity index (χ2v) is 4.33. The van der Waals surface area contributed by atoms with E-state index in [1.54, 1.807) is 0 Å². The molecule has 0 saturated carbocycles. The van der Waals surface area contributed by atoms with Crippen LogP contribution in [0.3, 0.4) is 0 Å². The summed E-state index contributed by atoms with van der Waals surface area (Å²) in [5, 5.41) is 2.53. The second-order valence-electron chi connectivity index (χ2n) is 3.02. The van der Waals surface area contributed by atoms with Crippen molar-refractivity contribution in [3.05, 3.63) is 53.0 Å². The highest BCUT2D eigenvalue weighted by atomic mass is 79.9. The Labute approximate surface area is 99.9 Å². The van der Waals surface area contributed by atoms with Gasteiger partial charge in [0.05, 0.1) is 0 Å². The topological polar surface area (TPSA) is 0 Å². The van der Waals surface area contributed by atoms with Crippen LogP contribution >= 0.6 is 31.9 Å². The second kappa shape index (κ2) is 4.28. The molecule has 0 aliphatic carbocycles. The third kappa shape index (κ3) is 1.91. The van der Waals surface area contributed by atoms with Crippen LogP contribution in [0.2, 0.25) is 0 Å². The van der Waals surface area contributed by atoms with Crippen LogP contribution in [0.15, 0.2) is 47.4 Å². The standard InChI is InChI=1S/C12H8Br2/c13-8-12(14)11-6-5-9-3-1-2-4-10(9)7-11/h1-8H/b12-8+. The first-order valence-electron chi connectivity index (χ1n) is 4.26. The number of benzene rings is 2. The maximum absolute atomic E-state index is 3.48. The Kier molecular flexibility index (Phi) is 3.04. The Morgan fingerprint density at radius 2 is 1.71 bits per heavy atom. The van der Waals surface area contributed by atoms with Crippen molar-refractivity contribution in [1.29, 1.82) is 0 Å². The monoisotopic (exact) mass is 310 g/mol. The van der Waals surface area contributed by atoms with E-state index in [1.165, 1.54) is 16.3 Å². The fourth-order valence-corrected chi connectivity index (χ4v) is 1.91. The van der Waals surface area contributed by atoms with Gasteiger partial charge >= 0.3 is 0 Å². The fraction of sp³-hybridized carbons (Fsp3) is 0. The normalized spacial score (nSPS) is 12.0. The Morgan fingerprint density at radius 3 is 2.43 bits per heavy atom. The van der Waals surface area contributed by atoms with Crippen molar-refractivity contribution in [2.45, 2.75) is 0 Å². The molecule has 2 heteroatoms. The van der Waals surface area contributed by atoms with Crippen molar-refractivity contribution in [1.82, 2.24) is 0 Å². The molecule has 0 unspecified atom stereocenters. The molecule has 0 fully saturated rings. The maximum atomic E-state index is 3.48. The summed E-state index contributed by atoms with van der Waals surface area (Å²) in [6.07, 6.45) is 0. The molecule has 2 aromatic carbocycles. The minimum Gasteiger partial charge on any atom is -0.0616 e. The average Bonchev–Trinajstić information content (AvgIpc) is 2.27. The molecule has 0 N–H and O–H groups in total. The molecule has 0 bridgehead atoms. The van der Waals surface area contributed by atoms with Crippen LogP contribution in [-0.2, 0) is 0 Å². The summed E-state index contributed by atoms with van der Waals surface area (Å²) in [6.45, 7) is 0. The lowest BCUT2D eigenvalue weighted by Gasteiger charge is -2.01. The van der Waals surface area contributed by atoms with Gasteiger partial charge in [0.1, 0.15) is 0 Å². The van der Waals surface area contributed by atoms with E-state index >= 15 is 0 Å². The smallest absolute Gasteiger partial charge is 0.0317 e. The molecule has 70 valence electrons. The van der Waals surface area contributed by atoms with Crippen LogP contribution in [0.1, 0.15) is 5.56 Å². The lowest BCUT2D eigenvalue weighted by Crippen LogP contribution is -1.77. The molecule has 0 heterocycles. The van der Waals surface area contributed by atoms with E-state index in [4.69, 9.17) is 0 Å². The SMILES string of the molecule is Br/C=C(/Br)c1ccc2ccccc2c1. The summed E-state index contributed by atoms with van der Waals surface area (Å²) in [4.78, 5) is 1.87. The molecule has 0 amide bonds. The van der Waals surface area contributed by atoms with Crippen molar-refractivity contribution < 1.29 is 0 Å². The van der Waals surface area contributed by atoms with Crippen LogP contribution in [0.5, 0.6) is 0 Å². The van der Waals surface area contributed by atoms with Crippen molar-refractivity contribution >= 4 is 47.1 Å². The van der Waals surface area contributed by atoms with E-state index in [0.29, 0.717) is 0 Å². The molecule has 0 spiro atoms. The molecule has 0 saturated heterocycles. The van der Waals surface area contributed by atoms with Gasteiger partial charge in [0.15, 0.2) is 0 Å². The Hall–Kier alpha value is -0.600. The van der Waals surface area contributed by atoms with Crippen LogP contribution in [0, 0.1) is 0 Å². The molecule has 2 aromatic rings. The first-order chi connectivity index (χ1) is 6.81. The van der Waals surface area contributed by atoms with Gasteiger partial charge in [-0.2, -0.15) is 0 Å². The molecular weight excluding hydrogens is 304 g/mol. The van der Waals surface area contributed by atoms with Gasteiger partial charge in [0.25, 0.3) is 0 Å². The molecule has 2 rings (SSSR count). The van der Waals surface area contributed by atoms with Gasteiger partial charge in [-0.05, 0) is 43.3 Å². The largest absolute Gasteiger partial charge is 0.0616 e. The number of hydrogen-bond acceptors (Lipinski definition) is 0. The lowest BCUT2D eigenvalue weighted by atomic mass is 10.1. The molecule has 0 radical (unpaired) electrons. The molecule has 0 aromatic heterocycles. The predicted octanol–water partition coefficient (Wildman–Crippen LogP) is 4.93. The quantitative estimate of drug-likeness (QED) is 0.700. The fourth-order valence-electron chi connectivity index (χ4n) is 1.40. The van der Waals surface area contributed by atoms with Crippen LogP contribution in [0.4, 0.5) is 0 Å². The van der Waals surface area contributed by atoms with E-state index < -0.39 is 0 Å². The number of hydrogen-bond donors (Lipinski definition) is 0. The van der Waals surface area contributed by atoms with Crippen molar-refractivity contribution in [3.8, 4) is 0 Å². The predicted molar refractivity (Wildman–Crippen MR) is 69.8 cm³/mol. The van der Waals surface area contributed by atoms with E-state index in [1.807, 2.05) is 4.99 Å². The highest BCUT2D eigenvalue weighted by molar-refractivity contribution is 9.16. The third-order valence-electron chi connectivity index (χ3n) is 2.12. The Morgan fingerprint density at radius 1 is 1.00 bits per heavy atom. The molecule has 0 aliphatic rings. The summed E-state index contributed by atoms with van der Waals surface area (Å²) >= 11 is 6.79. The van der Waals surface area contributed by atoms with E-state index in [9.17, 15) is 0 Å². The number of rotatable bonds is 1. The zero-order chi connectivity index (χ0) is 9.97. The first-order valence-corrected chi connectivity index (χ1v) is 5.97. The summed E-state index contributed by atoms with van der Waals surface area (Å²) in [5.41, 5.74) is 1.18. The highest BCUT2D eigenvalue weighted by Crippen LogP contribution is 2.25. The van der Waals surface area contributed by atoms with Gasteiger partial charge in [-0.3, -0.25) is 0 Å². The van der Waals surface area contributed by atoms with Gasteiger partial charge in [0, 0.05) is 4.48 Å². The maximum Gasteiger partial charge on any atom is 0.0317 e. The van der Waals surface area contributed by atoms with Gasteiger partial charge in [-0.1, -0.05) is 52.3 Å². The molecule has 14 heavy (non-hydrogen) atoms. The molecule has 0 nitrogen and oxygen atoms in total. The van der Waals surface area contributed by atoms with Crippen molar-refractivity contribution in [3.63, 3.8) is 0 Å². The zero-order valence-corrected chi connectivity index (χ0v) is 10.5. The lowest BCUT2D eigenvalue weighted by molar-refractivity contribution is 1.71. The van der Waals surface area contributed by atoms with E-state index in [2.05, 4.69) is 74.3 Å². The average molecular weight is 312 g/mol. The number of fused-ring (bicyclic) bond motifs is 1. The minimum absolute atomic E-state index is 1.06. The highest BCUT2D eigenvalue weighted by Gasteiger charge is 1.98. The van der Waals surface area contributed by atoms with Crippen LogP contribution < -0.4 is 0 Å². The van der Waals surface area contributed by atoms with Gasteiger partial charge in [0.2, 0.25) is 0 Å². The van der Waals surface area contributed by atoms with Crippen LogP contribution in [0.25, 0.3) is 15.3 Å². The van der Waals surface area contributed by atoms with Gasteiger partial charge in [-0.15, -0.1) is 0 Å². The zero-order valence-electron chi connectivity index (χ0n) is 7.37. The van der Waals surface area contributed by atoms with Gasteiger partial charge in [-0.25, -0.2) is 0 Å². The third-order valence-corrected chi connectivity index (χ3v) is 3.88. The molecular formula is C12H8Br2. The Bertz CT molecular complexity index is 486. The summed E-state index contributed by atoms with van der Waals surface area (Å²) < 4.78 is 1.06. The molecule has 0 atom stereocenters. The van der Waals surface area contributed by atoms with Crippen LogP contribution in [-0.4, -0.2) is 0 Å². The summed E-state index contributed by atoms with van der Waals surface area (Å²) in [6, 6.07) is 14.7. The summed E-state index contributed by atoms with van der Waals surface area (Å²) in [5.74, 6) is 0. The van der Waals surface area contributed by atoms with Crippen molar-refractivity contribution in [2.24, 2.45) is 0 Å². The molecule has 0 aliphatic heterocycles. The van der Waals surface area contributed by atoms with E-state index in [-0.39, 0.29) is 0 Å². The minimum atomic E-state index is 1.06. The first kappa shape index (κ1) is 9.94. The van der Waals surface area contributed by atoms with Gasteiger partial charge < -0.3 is 0 Å². The van der Waals surface area contributed by atoms with E-state index in [0.717, 1.165) is 4.48 Å². The number of halogens is 2. The van der Waals surface area contributed by atoms with Crippen molar-refractivity contribution in [2.75, 3.05) is 0 Å². The summed E-state index contributed by atoms with van der Waals surface area (Å²) in [7, 11) is 0.